The van der Waals surface area contributed by atoms with Gasteiger partial charge in [-0.2, -0.15) is 0 Å². The van der Waals surface area contributed by atoms with Gasteiger partial charge in [-0.1, -0.05) is 81.6 Å². The zero-order valence-electron chi connectivity index (χ0n) is 73.7. The average Bonchev–Trinajstić information content (AvgIpc) is 1.59. The summed E-state index contributed by atoms with van der Waals surface area (Å²) in [5, 5.41) is 0. The van der Waals surface area contributed by atoms with Crippen LogP contribution in [0, 0.1) is 74.4 Å². The molecular weight excluding hydrogens is 1400 g/mol. The molecule has 6 saturated carbocycles. The lowest BCUT2D eigenvalue weighted by atomic mass is 9.85. The highest BCUT2D eigenvalue weighted by molar-refractivity contribution is 5.77. The van der Waals surface area contributed by atoms with E-state index in [0.717, 1.165) is 147 Å². The Morgan fingerprint density at radius 1 is 0.373 bits per heavy atom. The highest BCUT2D eigenvalue weighted by atomic mass is 16.8. The molecule has 638 valence electrons. The van der Waals surface area contributed by atoms with Gasteiger partial charge >= 0.3 is 29.8 Å². The van der Waals surface area contributed by atoms with Gasteiger partial charge in [-0.25, -0.2) is 0 Å². The highest BCUT2D eigenvalue weighted by Gasteiger charge is 2.53. The van der Waals surface area contributed by atoms with Gasteiger partial charge < -0.3 is 71.1 Å². The van der Waals surface area contributed by atoms with Crippen LogP contribution in [0.4, 0.5) is 0 Å². The molecule has 0 aromatic carbocycles. The molecule has 5 aliphatic heterocycles. The van der Waals surface area contributed by atoms with Crippen molar-refractivity contribution in [1.82, 2.24) is 0 Å². The van der Waals surface area contributed by atoms with Gasteiger partial charge in [0, 0.05) is 37.5 Å². The van der Waals surface area contributed by atoms with Crippen LogP contribution < -0.4 is 0 Å². The van der Waals surface area contributed by atoms with Gasteiger partial charge in [0.05, 0.1) is 122 Å². The second-order valence-electron chi connectivity index (χ2n) is 39.7. The molecule has 0 N–H and O–H groups in total. The van der Waals surface area contributed by atoms with Crippen molar-refractivity contribution >= 4 is 29.8 Å². The molecule has 11 fully saturated rings. The normalized spacial score (nSPS) is 34.8. The molecule has 0 bridgehead atoms. The molecule has 15 unspecified atom stereocenters. The van der Waals surface area contributed by atoms with E-state index in [1.54, 1.807) is 0 Å². The fourth-order valence-corrected chi connectivity index (χ4v) is 17.0. The molecule has 11 aliphatic rings. The van der Waals surface area contributed by atoms with Crippen molar-refractivity contribution < 1.29 is 95.0 Å². The monoisotopic (exact) mass is 1560 g/mol. The van der Waals surface area contributed by atoms with E-state index >= 15 is 0 Å². The fraction of sp³-hybridized carbons (Fsp3) is 0.944. The predicted molar refractivity (Wildman–Crippen MR) is 425 cm³/mol. The van der Waals surface area contributed by atoms with Crippen molar-refractivity contribution in [3.8, 4) is 0 Å². The van der Waals surface area contributed by atoms with Crippen molar-refractivity contribution in [2.45, 2.75) is 424 Å². The van der Waals surface area contributed by atoms with Crippen molar-refractivity contribution in [2.75, 3.05) is 46.2 Å². The largest absolute Gasteiger partial charge is 0.465 e. The maximum atomic E-state index is 12.2. The molecule has 0 aromatic heterocycles. The minimum atomic E-state index is -0.467. The molecule has 11 rings (SSSR count). The summed E-state index contributed by atoms with van der Waals surface area (Å²) < 4.78 is 88.9. The number of rotatable bonds is 25. The Kier molecular flexibility index (Phi) is 34.6. The molecule has 5 saturated heterocycles. The van der Waals surface area contributed by atoms with Gasteiger partial charge in [0.15, 0.2) is 28.9 Å². The number of fused-ring (bicyclic) bond motifs is 4. The third-order valence-electron chi connectivity index (χ3n) is 26.8. The number of ether oxygens (including phenoxy) is 15. The van der Waals surface area contributed by atoms with Crippen LogP contribution in [0.2, 0.25) is 0 Å². The lowest BCUT2D eigenvalue weighted by Gasteiger charge is -2.43. The average molecular weight is 1560 g/mol. The van der Waals surface area contributed by atoms with Crippen LogP contribution >= 0.6 is 0 Å². The molecule has 15 atom stereocenters. The Hall–Kier alpha value is -3.05. The third-order valence-corrected chi connectivity index (χ3v) is 26.8. The summed E-state index contributed by atoms with van der Waals surface area (Å²) in [6.45, 7) is 52.2. The van der Waals surface area contributed by atoms with Gasteiger partial charge in [0.25, 0.3) is 0 Å². The Bertz CT molecular complexity index is 2840. The second kappa shape index (κ2) is 40.4. The number of esters is 5. The van der Waals surface area contributed by atoms with Crippen molar-refractivity contribution in [1.29, 1.82) is 0 Å². The summed E-state index contributed by atoms with van der Waals surface area (Å²) in [4.78, 5) is 60.3. The number of carbonyl (C=O) groups excluding carboxylic acids is 5. The van der Waals surface area contributed by atoms with E-state index in [1.165, 1.54) is 38.5 Å². The maximum Gasteiger partial charge on any atom is 0.311 e. The molecule has 1 spiro atoms. The van der Waals surface area contributed by atoms with E-state index < -0.39 is 22.8 Å². The molecule has 0 amide bonds. The minimum Gasteiger partial charge on any atom is -0.465 e. The van der Waals surface area contributed by atoms with Crippen molar-refractivity contribution in [2.24, 2.45) is 74.4 Å². The summed E-state index contributed by atoms with van der Waals surface area (Å²) in [5.74, 6) is 1.07. The summed E-state index contributed by atoms with van der Waals surface area (Å²) in [6, 6.07) is 0. The van der Waals surface area contributed by atoms with Crippen LogP contribution in [0.25, 0.3) is 0 Å². The summed E-state index contributed by atoms with van der Waals surface area (Å²) >= 11 is 0. The van der Waals surface area contributed by atoms with Gasteiger partial charge in [-0.3, -0.25) is 24.0 Å². The predicted octanol–water partition coefficient (Wildman–Crippen LogP) is 19.7. The molecule has 20 nitrogen and oxygen atoms in total. The minimum absolute atomic E-state index is 0.0773. The van der Waals surface area contributed by atoms with Gasteiger partial charge in [0.2, 0.25) is 0 Å². The highest BCUT2D eigenvalue weighted by Crippen LogP contribution is 2.49. The molecule has 0 radical (unpaired) electrons. The second-order valence-corrected chi connectivity index (χ2v) is 39.7. The quantitative estimate of drug-likeness (QED) is 0.0612. The van der Waals surface area contributed by atoms with E-state index in [1.807, 2.05) is 125 Å². The summed E-state index contributed by atoms with van der Waals surface area (Å²) in [7, 11) is 0. The first-order valence-corrected chi connectivity index (χ1v) is 43.9. The number of hydrogen-bond donors (Lipinski definition) is 0. The third kappa shape index (κ3) is 27.0. The Morgan fingerprint density at radius 2 is 0.664 bits per heavy atom. The van der Waals surface area contributed by atoms with E-state index in [4.69, 9.17) is 71.1 Å². The van der Waals surface area contributed by atoms with Crippen molar-refractivity contribution in [3.05, 3.63) is 0 Å². The maximum absolute atomic E-state index is 12.2. The van der Waals surface area contributed by atoms with Gasteiger partial charge in [-0.15, -0.1) is 0 Å². The zero-order valence-corrected chi connectivity index (χ0v) is 73.7. The fourth-order valence-electron chi connectivity index (χ4n) is 17.0. The number of hydrogen-bond acceptors (Lipinski definition) is 20. The molecule has 6 aliphatic carbocycles. The SMILES string of the molecule is CCC(C)(C)C(=O)OCC1CCC2OC(C)(C)OC2C1.CCC(C)(C)C(=O)OCC1CCC2OC(C)(C3CCCC3)OC2C1.CCC(C)(C)C(=O)OCC1CCC2OC(C)(CC(C)C)OC2C1.CCC(C)(C)C(=O)OCC1COC2(CCC(C)CC2)OC1.CCCC1(C)OC2CCC(COC(=O)C(C)(C)CC)CC2O1. The lowest BCUT2D eigenvalue weighted by molar-refractivity contribution is -0.300. The van der Waals surface area contributed by atoms with Crippen LogP contribution in [0.5, 0.6) is 0 Å². The van der Waals surface area contributed by atoms with Crippen LogP contribution in [0.3, 0.4) is 0 Å². The Balaban J connectivity index is 0.000000191. The van der Waals surface area contributed by atoms with E-state index in [-0.39, 0.29) is 118 Å². The molecule has 5 heterocycles. The first-order valence-electron chi connectivity index (χ1n) is 43.9. The topological polar surface area (TPSA) is 224 Å². The van der Waals surface area contributed by atoms with Gasteiger partial charge in [0.1, 0.15) is 0 Å². The summed E-state index contributed by atoms with van der Waals surface area (Å²) in [6.07, 6.45) is 29.7. The Labute approximate surface area is 666 Å². The van der Waals surface area contributed by atoms with E-state index in [2.05, 4.69) is 41.5 Å². The molecule has 0 aromatic rings. The van der Waals surface area contributed by atoms with Crippen molar-refractivity contribution in [3.63, 3.8) is 0 Å². The van der Waals surface area contributed by atoms with Crippen LogP contribution in [-0.4, -0.2) is 154 Å². The standard InChI is InChI=1S/C20H34O4.C19H34O4.C18H32O4.C17H30O4.C16H28O4/c1-5-19(2,3)18(21)22-13-14-10-11-16-17(12-14)24-20(4,23-16)15-8-6-7-9-15;1-7-18(4,5)17(20)21-12-14-8-9-15-16(10-14)23-19(6,22-15)11-13(2)3;1-6-10-18(5)21-14-9-8-13(11-15(14)22-18)12-20-16(19)17(3,4)7-2;1-5-16(3,4)15(18)19-10-14-11-20-17(21-12-14)8-6-13(2)7-9-17;1-6-15(2,3)14(17)18-10-11-7-8-12-13(9-11)20-16(4,5)19-12/h14-17H,5-13H2,1-4H3;13-16H,7-12H2,1-6H3;13-15H,6-12H2,1-5H3;13-14H,5-12H2,1-4H3;11-13H,6-10H2,1-5H3. The number of carbonyl (C=O) groups is 5. The summed E-state index contributed by atoms with van der Waals surface area (Å²) in [5.41, 5.74) is -1.95. The molecule has 110 heavy (non-hydrogen) atoms. The lowest BCUT2D eigenvalue weighted by Crippen LogP contribution is -2.47. The van der Waals surface area contributed by atoms with E-state index in [0.29, 0.717) is 81.8 Å². The van der Waals surface area contributed by atoms with Gasteiger partial charge in [-0.05, 0) is 274 Å². The molecular formula is C90H158O20. The zero-order chi connectivity index (χ0) is 81.5. The van der Waals surface area contributed by atoms with Crippen LogP contribution in [0.15, 0.2) is 0 Å². The smallest absolute Gasteiger partial charge is 0.311 e. The van der Waals surface area contributed by atoms with E-state index in [9.17, 15) is 24.0 Å². The van der Waals surface area contributed by atoms with Crippen LogP contribution in [-0.2, 0) is 95.0 Å². The first-order chi connectivity index (χ1) is 51.4. The molecule has 20 heteroatoms. The first kappa shape index (κ1) is 94.1. The van der Waals surface area contributed by atoms with Crippen LogP contribution in [0.1, 0.15) is 346 Å². The Morgan fingerprint density at radius 3 is 1.02 bits per heavy atom.